The quantitative estimate of drug-likeness (QED) is 0.678. The average molecular weight is 355 g/mol. The molecular formula is C19H21N3O2S. The van der Waals surface area contributed by atoms with Crippen molar-refractivity contribution in [2.75, 3.05) is 0 Å². The van der Waals surface area contributed by atoms with Gasteiger partial charge in [0.1, 0.15) is 4.83 Å². The predicted octanol–water partition coefficient (Wildman–Crippen LogP) is 3.18. The smallest absolute Gasteiger partial charge is 0.262 e. The van der Waals surface area contributed by atoms with Crippen LogP contribution in [0.25, 0.3) is 10.2 Å². The molecule has 0 aliphatic heterocycles. The van der Waals surface area contributed by atoms with Crippen LogP contribution in [0.4, 0.5) is 0 Å². The second-order valence-electron chi connectivity index (χ2n) is 6.84. The van der Waals surface area contributed by atoms with E-state index in [0.29, 0.717) is 5.56 Å². The first-order chi connectivity index (χ1) is 12.0. The number of hydrogen-bond acceptors (Lipinski definition) is 4. The number of carbonyl (C=O) groups excluding carboxylic acids is 1. The van der Waals surface area contributed by atoms with Gasteiger partial charge in [0.2, 0.25) is 0 Å². The van der Waals surface area contributed by atoms with Crippen LogP contribution < -0.4 is 5.56 Å². The number of thiophene rings is 1. The minimum atomic E-state index is -0.0805. The van der Waals surface area contributed by atoms with Crippen LogP contribution >= 0.6 is 11.3 Å². The van der Waals surface area contributed by atoms with E-state index >= 15 is 0 Å². The molecule has 0 amide bonds. The van der Waals surface area contributed by atoms with E-state index in [4.69, 9.17) is 0 Å². The molecule has 3 aromatic heterocycles. The SMILES string of the molecule is Cc1cc(C(=O)Cn2cnc3sc4c(c3c2=O)CCCC4)c(C)n1C. The van der Waals surface area contributed by atoms with Crippen molar-refractivity contribution in [2.24, 2.45) is 7.05 Å². The molecule has 6 heteroatoms. The Morgan fingerprint density at radius 3 is 2.76 bits per heavy atom. The van der Waals surface area contributed by atoms with Crippen LogP contribution in [0.3, 0.4) is 0 Å². The fourth-order valence-corrected chi connectivity index (χ4v) is 4.89. The van der Waals surface area contributed by atoms with Crippen molar-refractivity contribution in [1.29, 1.82) is 0 Å². The molecule has 5 nitrogen and oxygen atoms in total. The zero-order valence-electron chi connectivity index (χ0n) is 14.8. The highest BCUT2D eigenvalue weighted by molar-refractivity contribution is 7.18. The zero-order valence-corrected chi connectivity index (χ0v) is 15.6. The molecule has 0 bridgehead atoms. The number of nitrogens with zero attached hydrogens (tertiary/aromatic N) is 3. The van der Waals surface area contributed by atoms with Crippen molar-refractivity contribution in [3.8, 4) is 0 Å². The molecule has 0 saturated heterocycles. The van der Waals surface area contributed by atoms with Crippen LogP contribution in [-0.4, -0.2) is 19.9 Å². The maximum Gasteiger partial charge on any atom is 0.262 e. The van der Waals surface area contributed by atoms with E-state index in [2.05, 4.69) is 4.98 Å². The molecule has 0 unspecified atom stereocenters. The first-order valence-corrected chi connectivity index (χ1v) is 9.45. The molecule has 0 atom stereocenters. The normalized spacial score (nSPS) is 14.0. The predicted molar refractivity (Wildman–Crippen MR) is 99.7 cm³/mol. The van der Waals surface area contributed by atoms with Gasteiger partial charge in [0, 0.05) is 28.9 Å². The summed E-state index contributed by atoms with van der Waals surface area (Å²) in [6.07, 6.45) is 5.81. The third kappa shape index (κ3) is 2.56. The van der Waals surface area contributed by atoms with Crippen LogP contribution in [0, 0.1) is 13.8 Å². The third-order valence-corrected chi connectivity index (χ3v) is 6.53. The summed E-state index contributed by atoms with van der Waals surface area (Å²) in [4.78, 5) is 32.2. The highest BCUT2D eigenvalue weighted by Crippen LogP contribution is 2.33. The van der Waals surface area contributed by atoms with Crippen LogP contribution in [0.2, 0.25) is 0 Å². The van der Waals surface area contributed by atoms with E-state index in [-0.39, 0.29) is 17.9 Å². The van der Waals surface area contributed by atoms with Crippen molar-refractivity contribution in [3.63, 3.8) is 0 Å². The summed E-state index contributed by atoms with van der Waals surface area (Å²) in [5.74, 6) is -0.0476. The Balaban J connectivity index is 1.74. The zero-order chi connectivity index (χ0) is 17.7. The average Bonchev–Trinajstić information content (AvgIpc) is 3.10. The first-order valence-electron chi connectivity index (χ1n) is 8.63. The van der Waals surface area contributed by atoms with E-state index < -0.39 is 0 Å². The maximum atomic E-state index is 13.0. The molecule has 25 heavy (non-hydrogen) atoms. The van der Waals surface area contributed by atoms with Gasteiger partial charge in [0.05, 0.1) is 18.3 Å². The Labute approximate surface area is 149 Å². The number of aryl methyl sites for hydroxylation is 3. The largest absolute Gasteiger partial charge is 0.351 e. The molecule has 0 aromatic carbocycles. The lowest BCUT2D eigenvalue weighted by molar-refractivity contribution is 0.0970. The van der Waals surface area contributed by atoms with E-state index in [1.54, 1.807) is 11.3 Å². The number of Topliss-reactive ketones (excluding diaryl/α,β-unsaturated/α-hetero) is 1. The summed E-state index contributed by atoms with van der Waals surface area (Å²) < 4.78 is 3.46. The molecule has 3 heterocycles. The second kappa shape index (κ2) is 5.95. The Morgan fingerprint density at radius 2 is 2.04 bits per heavy atom. The summed E-state index contributed by atoms with van der Waals surface area (Å²) in [7, 11) is 1.94. The molecule has 0 N–H and O–H groups in total. The number of aromatic nitrogens is 3. The van der Waals surface area contributed by atoms with Crippen molar-refractivity contribution in [2.45, 2.75) is 46.1 Å². The monoisotopic (exact) mass is 355 g/mol. The van der Waals surface area contributed by atoms with Gasteiger partial charge in [-0.15, -0.1) is 11.3 Å². The van der Waals surface area contributed by atoms with Gasteiger partial charge >= 0.3 is 0 Å². The highest BCUT2D eigenvalue weighted by atomic mass is 32.1. The number of ketones is 1. The van der Waals surface area contributed by atoms with E-state index in [9.17, 15) is 9.59 Å². The Kier molecular flexibility index (Phi) is 3.87. The molecular weight excluding hydrogens is 334 g/mol. The summed E-state index contributed by atoms with van der Waals surface area (Å²) >= 11 is 1.63. The standard InChI is InChI=1S/C19H21N3O2S/c1-11-8-14(12(2)21(11)3)15(23)9-22-10-20-18-17(19(22)24)13-6-4-5-7-16(13)25-18/h8,10H,4-7,9H2,1-3H3. The van der Waals surface area contributed by atoms with Crippen LogP contribution in [0.5, 0.6) is 0 Å². The Bertz CT molecular complexity index is 1050. The summed E-state index contributed by atoms with van der Waals surface area (Å²) in [6.45, 7) is 3.94. The van der Waals surface area contributed by atoms with Gasteiger partial charge in [0.15, 0.2) is 5.78 Å². The minimum Gasteiger partial charge on any atom is -0.351 e. The van der Waals surface area contributed by atoms with Crippen molar-refractivity contribution < 1.29 is 4.79 Å². The fourth-order valence-electron chi connectivity index (χ4n) is 3.67. The summed E-state index contributed by atoms with van der Waals surface area (Å²) in [5, 5.41) is 0.732. The number of carbonyl (C=O) groups is 1. The molecule has 0 radical (unpaired) electrons. The molecule has 3 aromatic rings. The van der Waals surface area contributed by atoms with Gasteiger partial charge in [-0.1, -0.05) is 0 Å². The van der Waals surface area contributed by atoms with Gasteiger partial charge < -0.3 is 4.57 Å². The summed E-state index contributed by atoms with van der Waals surface area (Å²) in [6, 6.07) is 1.89. The highest BCUT2D eigenvalue weighted by Gasteiger charge is 2.21. The van der Waals surface area contributed by atoms with Gasteiger partial charge in [-0.05, 0) is 51.2 Å². The number of hydrogen-bond donors (Lipinski definition) is 0. The fraction of sp³-hybridized carbons (Fsp3) is 0.421. The molecule has 0 fully saturated rings. The molecule has 130 valence electrons. The lowest BCUT2D eigenvalue weighted by Crippen LogP contribution is -2.25. The van der Waals surface area contributed by atoms with Gasteiger partial charge in [-0.25, -0.2) is 4.98 Å². The summed E-state index contributed by atoms with van der Waals surface area (Å²) in [5.41, 5.74) is 3.73. The minimum absolute atomic E-state index is 0.0384. The Morgan fingerprint density at radius 1 is 1.28 bits per heavy atom. The van der Waals surface area contributed by atoms with Crippen LogP contribution in [-0.2, 0) is 26.4 Å². The van der Waals surface area contributed by atoms with E-state index in [0.717, 1.165) is 46.4 Å². The molecule has 1 aliphatic rings. The van der Waals surface area contributed by atoms with Crippen LogP contribution in [0.1, 0.15) is 45.0 Å². The molecule has 0 saturated carbocycles. The first kappa shape index (κ1) is 16.3. The molecule has 0 spiro atoms. The number of rotatable bonds is 3. The van der Waals surface area contributed by atoms with Gasteiger partial charge in [0.25, 0.3) is 5.56 Å². The lowest BCUT2D eigenvalue weighted by atomic mass is 9.97. The van der Waals surface area contributed by atoms with E-state index in [1.165, 1.54) is 22.2 Å². The van der Waals surface area contributed by atoms with Crippen molar-refractivity contribution in [3.05, 3.63) is 50.1 Å². The molecule has 4 rings (SSSR count). The van der Waals surface area contributed by atoms with Gasteiger partial charge in [-0.2, -0.15) is 0 Å². The maximum absolute atomic E-state index is 13.0. The van der Waals surface area contributed by atoms with Gasteiger partial charge in [-0.3, -0.25) is 14.2 Å². The number of fused-ring (bicyclic) bond motifs is 3. The van der Waals surface area contributed by atoms with Crippen molar-refractivity contribution >= 4 is 27.3 Å². The van der Waals surface area contributed by atoms with Crippen molar-refractivity contribution in [1.82, 2.24) is 14.1 Å². The topological polar surface area (TPSA) is 56.9 Å². The van der Waals surface area contributed by atoms with E-state index in [1.807, 2.05) is 31.5 Å². The Hall–Kier alpha value is -2.21. The lowest BCUT2D eigenvalue weighted by Gasteiger charge is -2.10. The van der Waals surface area contributed by atoms with Crippen LogP contribution in [0.15, 0.2) is 17.2 Å². The third-order valence-electron chi connectivity index (χ3n) is 5.33. The second-order valence-corrected chi connectivity index (χ2v) is 7.92. The molecule has 1 aliphatic carbocycles.